The predicted octanol–water partition coefficient (Wildman–Crippen LogP) is 7.78. The zero-order chi connectivity index (χ0) is 20.5. The maximum absolute atomic E-state index is 5.46. The highest BCUT2D eigenvalue weighted by atomic mass is 16.5. The van der Waals surface area contributed by atoms with Crippen LogP contribution in [0.5, 0.6) is 5.75 Å². The van der Waals surface area contributed by atoms with Crippen LogP contribution in [-0.2, 0) is 0 Å². The van der Waals surface area contributed by atoms with Crippen LogP contribution in [0.25, 0.3) is 21.5 Å². The van der Waals surface area contributed by atoms with Crippen LogP contribution in [0.2, 0.25) is 0 Å². The number of aryl methyl sites for hydroxylation is 1. The largest absolute Gasteiger partial charge is 0.497 e. The van der Waals surface area contributed by atoms with E-state index in [1.165, 1.54) is 27.2 Å². The molecule has 5 aromatic carbocycles. The fourth-order valence-corrected chi connectivity index (χ4v) is 4.20. The first kappa shape index (κ1) is 18.3. The average molecular weight is 389 g/mol. The van der Waals surface area contributed by atoms with Gasteiger partial charge < -0.3 is 9.64 Å². The van der Waals surface area contributed by atoms with Crippen molar-refractivity contribution in [2.75, 3.05) is 12.0 Å². The van der Waals surface area contributed by atoms with Crippen LogP contribution in [0, 0.1) is 6.92 Å². The van der Waals surface area contributed by atoms with E-state index in [9.17, 15) is 0 Å². The summed E-state index contributed by atoms with van der Waals surface area (Å²) in [5, 5.41) is 4.93. The molecule has 0 radical (unpaired) electrons. The molecule has 0 aliphatic heterocycles. The third-order valence-corrected chi connectivity index (χ3v) is 5.63. The van der Waals surface area contributed by atoms with E-state index in [2.05, 4.69) is 109 Å². The van der Waals surface area contributed by atoms with Gasteiger partial charge in [0.05, 0.1) is 12.8 Å². The molecule has 0 fully saturated rings. The topological polar surface area (TPSA) is 12.5 Å². The molecule has 5 aromatic rings. The van der Waals surface area contributed by atoms with Gasteiger partial charge in [0.25, 0.3) is 0 Å². The molecule has 0 saturated carbocycles. The first-order valence-corrected chi connectivity index (χ1v) is 10.2. The zero-order valence-electron chi connectivity index (χ0n) is 17.2. The summed E-state index contributed by atoms with van der Waals surface area (Å²) >= 11 is 0. The van der Waals surface area contributed by atoms with Crippen molar-refractivity contribution in [1.82, 2.24) is 0 Å². The lowest BCUT2D eigenvalue weighted by molar-refractivity contribution is 0.414. The summed E-state index contributed by atoms with van der Waals surface area (Å²) in [7, 11) is 1.71. The van der Waals surface area contributed by atoms with Gasteiger partial charge in [0.15, 0.2) is 0 Å². The minimum Gasteiger partial charge on any atom is -0.497 e. The van der Waals surface area contributed by atoms with Crippen LogP contribution in [-0.4, -0.2) is 7.11 Å². The van der Waals surface area contributed by atoms with Gasteiger partial charge in [0.2, 0.25) is 0 Å². The molecule has 0 aliphatic rings. The third kappa shape index (κ3) is 3.07. The standard InChI is InChI=1S/C28H23NO/c1-20-18-24(30-2)16-17-27(20)29(23-12-4-3-5-13-23)28-25-14-8-6-10-21(25)19-22-11-7-9-15-26(22)28/h3-19H,1-2H3. The summed E-state index contributed by atoms with van der Waals surface area (Å²) in [6, 6.07) is 36.4. The first-order valence-electron chi connectivity index (χ1n) is 10.2. The van der Waals surface area contributed by atoms with E-state index in [4.69, 9.17) is 4.74 Å². The normalized spacial score (nSPS) is 11.0. The fraction of sp³-hybridized carbons (Fsp3) is 0.0714. The Labute approximate surface area is 177 Å². The van der Waals surface area contributed by atoms with E-state index in [-0.39, 0.29) is 0 Å². The Morgan fingerprint density at radius 1 is 0.633 bits per heavy atom. The van der Waals surface area contributed by atoms with Gasteiger partial charge in [-0.3, -0.25) is 0 Å². The van der Waals surface area contributed by atoms with Crippen LogP contribution >= 0.6 is 0 Å². The predicted molar refractivity (Wildman–Crippen MR) is 127 cm³/mol. The molecule has 0 amide bonds. The van der Waals surface area contributed by atoms with Crippen LogP contribution in [0.3, 0.4) is 0 Å². The molecular weight excluding hydrogens is 366 g/mol. The number of anilines is 3. The lowest BCUT2D eigenvalue weighted by Gasteiger charge is -2.30. The van der Waals surface area contributed by atoms with Crippen LogP contribution in [0.15, 0.2) is 103 Å². The van der Waals surface area contributed by atoms with Gasteiger partial charge in [0.1, 0.15) is 5.75 Å². The molecule has 0 spiro atoms. The summed E-state index contributed by atoms with van der Waals surface area (Å²) < 4.78 is 5.46. The third-order valence-electron chi connectivity index (χ3n) is 5.63. The SMILES string of the molecule is COc1ccc(N(c2ccccc2)c2c3ccccc3cc3ccccc23)c(C)c1. The number of rotatable bonds is 4. The molecule has 0 heterocycles. The minimum absolute atomic E-state index is 0.868. The smallest absolute Gasteiger partial charge is 0.119 e. The molecule has 2 heteroatoms. The van der Waals surface area contributed by atoms with Gasteiger partial charge in [-0.05, 0) is 59.7 Å². The Kier molecular flexibility index (Phi) is 4.61. The number of nitrogens with zero attached hydrogens (tertiary/aromatic N) is 1. The number of ether oxygens (including phenoxy) is 1. The van der Waals surface area contributed by atoms with Crippen molar-refractivity contribution < 1.29 is 4.74 Å². The number of hydrogen-bond acceptors (Lipinski definition) is 2. The molecule has 2 nitrogen and oxygen atoms in total. The van der Waals surface area contributed by atoms with E-state index in [0.29, 0.717) is 0 Å². The number of hydrogen-bond donors (Lipinski definition) is 0. The summed E-state index contributed by atoms with van der Waals surface area (Å²) in [6.07, 6.45) is 0. The molecule has 0 aliphatic carbocycles. The summed E-state index contributed by atoms with van der Waals surface area (Å²) in [5.74, 6) is 0.868. The van der Waals surface area contributed by atoms with Crippen molar-refractivity contribution in [3.8, 4) is 5.75 Å². The Morgan fingerprint density at radius 2 is 1.23 bits per heavy atom. The molecule has 146 valence electrons. The van der Waals surface area contributed by atoms with E-state index in [1.54, 1.807) is 7.11 Å². The second-order valence-electron chi connectivity index (χ2n) is 7.49. The molecule has 0 bridgehead atoms. The van der Waals surface area contributed by atoms with E-state index in [0.717, 1.165) is 22.7 Å². The second kappa shape index (κ2) is 7.57. The number of benzene rings is 5. The van der Waals surface area contributed by atoms with Gasteiger partial charge in [-0.2, -0.15) is 0 Å². The van der Waals surface area contributed by atoms with Crippen molar-refractivity contribution in [3.63, 3.8) is 0 Å². The van der Waals surface area contributed by atoms with Crippen molar-refractivity contribution in [1.29, 1.82) is 0 Å². The molecule has 0 aromatic heterocycles. The van der Waals surface area contributed by atoms with Crippen LogP contribution in [0.1, 0.15) is 5.56 Å². The first-order chi connectivity index (χ1) is 14.8. The number of para-hydroxylation sites is 1. The van der Waals surface area contributed by atoms with Gasteiger partial charge in [-0.15, -0.1) is 0 Å². The van der Waals surface area contributed by atoms with Crippen molar-refractivity contribution in [2.24, 2.45) is 0 Å². The molecule has 5 rings (SSSR count). The lowest BCUT2D eigenvalue weighted by Crippen LogP contribution is -2.12. The Bertz CT molecular complexity index is 1290. The van der Waals surface area contributed by atoms with Crippen molar-refractivity contribution in [3.05, 3.63) is 109 Å². The minimum atomic E-state index is 0.868. The molecule has 0 unspecified atom stereocenters. The zero-order valence-corrected chi connectivity index (χ0v) is 17.2. The average Bonchev–Trinajstić information content (AvgIpc) is 2.80. The quantitative estimate of drug-likeness (QED) is 0.291. The highest BCUT2D eigenvalue weighted by Gasteiger charge is 2.20. The molecule has 0 atom stereocenters. The van der Waals surface area contributed by atoms with Gasteiger partial charge >= 0.3 is 0 Å². The Morgan fingerprint density at radius 3 is 1.83 bits per heavy atom. The summed E-state index contributed by atoms with van der Waals surface area (Å²) in [4.78, 5) is 2.37. The monoisotopic (exact) mass is 389 g/mol. The van der Waals surface area contributed by atoms with Crippen molar-refractivity contribution in [2.45, 2.75) is 6.92 Å². The van der Waals surface area contributed by atoms with Crippen molar-refractivity contribution >= 4 is 38.6 Å². The Balaban J connectivity index is 1.90. The van der Waals surface area contributed by atoms with Gasteiger partial charge in [-0.25, -0.2) is 0 Å². The highest BCUT2D eigenvalue weighted by molar-refractivity contribution is 6.14. The van der Waals surface area contributed by atoms with Crippen LogP contribution in [0.4, 0.5) is 17.1 Å². The number of fused-ring (bicyclic) bond motifs is 2. The maximum Gasteiger partial charge on any atom is 0.119 e. The van der Waals surface area contributed by atoms with Gasteiger partial charge in [-0.1, -0.05) is 66.7 Å². The van der Waals surface area contributed by atoms with E-state index < -0.39 is 0 Å². The number of methoxy groups -OCH3 is 1. The Hall–Kier alpha value is -3.78. The molecular formula is C28H23NO. The van der Waals surface area contributed by atoms with Crippen LogP contribution < -0.4 is 9.64 Å². The van der Waals surface area contributed by atoms with Gasteiger partial charge in [0, 0.05) is 22.1 Å². The molecule has 0 saturated heterocycles. The lowest BCUT2D eigenvalue weighted by atomic mass is 9.98. The second-order valence-corrected chi connectivity index (χ2v) is 7.49. The fourth-order valence-electron chi connectivity index (χ4n) is 4.20. The van der Waals surface area contributed by atoms with E-state index >= 15 is 0 Å². The summed E-state index contributed by atoms with van der Waals surface area (Å²) in [5.41, 5.74) is 4.63. The highest BCUT2D eigenvalue weighted by Crippen LogP contribution is 2.44. The maximum atomic E-state index is 5.46. The van der Waals surface area contributed by atoms with E-state index in [1.807, 2.05) is 6.07 Å². The summed E-state index contributed by atoms with van der Waals surface area (Å²) in [6.45, 7) is 2.14. The molecule has 30 heavy (non-hydrogen) atoms. The molecule has 0 N–H and O–H groups in total.